The van der Waals surface area contributed by atoms with Crippen molar-refractivity contribution in [2.75, 3.05) is 20.3 Å². The van der Waals surface area contributed by atoms with E-state index in [0.29, 0.717) is 25.4 Å². The molecule has 0 saturated heterocycles. The average molecular weight is 239 g/mol. The van der Waals surface area contributed by atoms with Crippen molar-refractivity contribution in [3.63, 3.8) is 0 Å². The van der Waals surface area contributed by atoms with Crippen molar-refractivity contribution < 1.29 is 14.6 Å². The van der Waals surface area contributed by atoms with Gasteiger partial charge in [-0.1, -0.05) is 18.2 Å². The van der Waals surface area contributed by atoms with Gasteiger partial charge in [-0.3, -0.25) is 0 Å². The van der Waals surface area contributed by atoms with Gasteiger partial charge in [0.2, 0.25) is 0 Å². The number of ether oxygens (including phenoxy) is 2. The van der Waals surface area contributed by atoms with Crippen LogP contribution in [0.5, 0.6) is 5.75 Å². The third-order valence-electron chi connectivity index (χ3n) is 2.48. The molecule has 2 atom stereocenters. The summed E-state index contributed by atoms with van der Waals surface area (Å²) in [6, 6.07) is 7.29. The molecule has 0 radical (unpaired) electrons. The minimum atomic E-state index is -0.622. The highest BCUT2D eigenvalue weighted by molar-refractivity contribution is 5.35. The zero-order chi connectivity index (χ0) is 12.7. The van der Waals surface area contributed by atoms with Crippen LogP contribution in [0.3, 0.4) is 0 Å². The van der Waals surface area contributed by atoms with Crippen molar-refractivity contribution in [3.05, 3.63) is 29.8 Å². The molecule has 0 fully saturated rings. The van der Waals surface area contributed by atoms with Crippen LogP contribution in [-0.2, 0) is 4.74 Å². The van der Waals surface area contributed by atoms with Crippen LogP contribution in [0, 0.1) is 0 Å². The summed E-state index contributed by atoms with van der Waals surface area (Å²) in [5.41, 5.74) is 6.60. The molecule has 96 valence electrons. The lowest BCUT2D eigenvalue weighted by atomic mass is 10.0. The lowest BCUT2D eigenvalue weighted by molar-refractivity contribution is 0.119. The van der Waals surface area contributed by atoms with Crippen molar-refractivity contribution in [2.24, 2.45) is 5.73 Å². The van der Waals surface area contributed by atoms with Crippen LogP contribution in [0.2, 0.25) is 0 Å². The third-order valence-corrected chi connectivity index (χ3v) is 2.48. The molecule has 0 heterocycles. The maximum absolute atomic E-state index is 10.1. The van der Waals surface area contributed by atoms with E-state index in [1.54, 1.807) is 7.11 Å². The maximum atomic E-state index is 10.1. The molecule has 3 N–H and O–H groups in total. The highest BCUT2D eigenvalue weighted by atomic mass is 16.5. The molecule has 0 aromatic heterocycles. The smallest absolute Gasteiger partial charge is 0.125 e. The molecule has 0 amide bonds. The molecule has 1 rings (SSSR count). The number of hydrogen-bond donors (Lipinski definition) is 2. The maximum Gasteiger partial charge on any atom is 0.125 e. The highest BCUT2D eigenvalue weighted by Crippen LogP contribution is 2.27. The van der Waals surface area contributed by atoms with Gasteiger partial charge in [0.05, 0.1) is 19.3 Å². The van der Waals surface area contributed by atoms with Crippen molar-refractivity contribution in [3.8, 4) is 5.75 Å². The Bertz CT molecular complexity index is 330. The minimum Gasteiger partial charge on any atom is -0.493 e. The molecule has 17 heavy (non-hydrogen) atoms. The van der Waals surface area contributed by atoms with Gasteiger partial charge in [-0.2, -0.15) is 0 Å². The summed E-state index contributed by atoms with van der Waals surface area (Å²) in [6.45, 7) is 2.93. The Kier molecular flexibility index (Phi) is 5.97. The summed E-state index contributed by atoms with van der Waals surface area (Å²) < 4.78 is 10.4. The summed E-state index contributed by atoms with van der Waals surface area (Å²) >= 11 is 0. The van der Waals surface area contributed by atoms with Crippen LogP contribution in [0.15, 0.2) is 24.3 Å². The zero-order valence-corrected chi connectivity index (χ0v) is 10.4. The van der Waals surface area contributed by atoms with E-state index in [2.05, 4.69) is 0 Å². The first-order valence-corrected chi connectivity index (χ1v) is 5.83. The van der Waals surface area contributed by atoms with Crippen molar-refractivity contribution in [2.45, 2.75) is 25.5 Å². The van der Waals surface area contributed by atoms with Crippen LogP contribution < -0.4 is 10.5 Å². The number of hydrogen-bond acceptors (Lipinski definition) is 4. The number of methoxy groups -OCH3 is 1. The fourth-order valence-corrected chi connectivity index (χ4v) is 1.74. The van der Waals surface area contributed by atoms with Gasteiger partial charge < -0.3 is 20.3 Å². The third kappa shape index (κ3) is 4.34. The number of aliphatic hydroxyl groups is 1. The molecule has 0 spiro atoms. The Balaban J connectivity index is 2.70. The van der Waals surface area contributed by atoms with Crippen LogP contribution in [-0.4, -0.2) is 31.5 Å². The van der Waals surface area contributed by atoms with Crippen molar-refractivity contribution in [1.29, 1.82) is 0 Å². The Hall–Kier alpha value is -1.10. The summed E-state index contributed by atoms with van der Waals surface area (Å²) in [6.07, 6.45) is -0.166. The number of rotatable bonds is 7. The Morgan fingerprint density at radius 1 is 1.35 bits per heavy atom. The first-order chi connectivity index (χ1) is 8.19. The van der Waals surface area contributed by atoms with E-state index in [0.717, 1.165) is 5.56 Å². The fourth-order valence-electron chi connectivity index (χ4n) is 1.74. The van der Waals surface area contributed by atoms with Crippen LogP contribution >= 0.6 is 0 Å². The first kappa shape index (κ1) is 14.0. The normalized spacial score (nSPS) is 14.4. The summed E-state index contributed by atoms with van der Waals surface area (Å²) in [5.74, 6) is 0.715. The van der Waals surface area contributed by atoms with E-state index in [-0.39, 0.29) is 6.04 Å². The Morgan fingerprint density at radius 2 is 2.06 bits per heavy atom. The highest BCUT2D eigenvalue weighted by Gasteiger charge is 2.16. The fraction of sp³-hybridized carbons (Fsp3) is 0.538. The molecule has 0 aliphatic rings. The van der Waals surface area contributed by atoms with Gasteiger partial charge in [0.1, 0.15) is 5.75 Å². The number of nitrogens with two attached hydrogens (primary N) is 1. The quantitative estimate of drug-likeness (QED) is 0.756. The first-order valence-electron chi connectivity index (χ1n) is 5.83. The van der Waals surface area contributed by atoms with Gasteiger partial charge in [-0.15, -0.1) is 0 Å². The van der Waals surface area contributed by atoms with Gasteiger partial charge in [-0.25, -0.2) is 0 Å². The van der Waals surface area contributed by atoms with E-state index in [1.165, 1.54) is 0 Å². The molecule has 0 bridgehead atoms. The molecular formula is C13H21NO3. The molecular weight excluding hydrogens is 218 g/mol. The van der Waals surface area contributed by atoms with Gasteiger partial charge in [-0.05, 0) is 19.4 Å². The Morgan fingerprint density at radius 3 is 2.71 bits per heavy atom. The molecule has 0 aliphatic carbocycles. The Labute approximate surface area is 102 Å². The second kappa shape index (κ2) is 7.27. The zero-order valence-electron chi connectivity index (χ0n) is 10.4. The number of para-hydroxylation sites is 1. The summed E-state index contributed by atoms with van der Waals surface area (Å²) in [7, 11) is 1.60. The largest absolute Gasteiger partial charge is 0.493 e. The minimum absolute atomic E-state index is 0.176. The lowest BCUT2D eigenvalue weighted by Gasteiger charge is -2.18. The number of benzene rings is 1. The van der Waals surface area contributed by atoms with Gasteiger partial charge in [0.25, 0.3) is 0 Å². The average Bonchev–Trinajstić information content (AvgIpc) is 2.30. The van der Waals surface area contributed by atoms with Crippen molar-refractivity contribution in [1.82, 2.24) is 0 Å². The predicted molar refractivity (Wildman–Crippen MR) is 67.0 cm³/mol. The SMILES string of the molecule is CCOc1ccccc1C(O)CC(N)COC. The van der Waals surface area contributed by atoms with Gasteiger partial charge >= 0.3 is 0 Å². The van der Waals surface area contributed by atoms with Crippen LogP contribution in [0.4, 0.5) is 0 Å². The summed E-state index contributed by atoms with van der Waals surface area (Å²) in [4.78, 5) is 0. The molecule has 0 aliphatic heterocycles. The van der Waals surface area contributed by atoms with E-state index in [9.17, 15) is 5.11 Å². The van der Waals surface area contributed by atoms with Gasteiger partial charge in [0.15, 0.2) is 0 Å². The van der Waals surface area contributed by atoms with Crippen LogP contribution in [0.1, 0.15) is 25.0 Å². The topological polar surface area (TPSA) is 64.7 Å². The molecule has 4 heteroatoms. The van der Waals surface area contributed by atoms with Crippen LogP contribution in [0.25, 0.3) is 0 Å². The number of aliphatic hydroxyl groups excluding tert-OH is 1. The molecule has 0 saturated carbocycles. The van der Waals surface area contributed by atoms with E-state index in [4.69, 9.17) is 15.2 Å². The molecule has 1 aromatic carbocycles. The summed E-state index contributed by atoms with van der Waals surface area (Å²) in [5, 5.41) is 10.1. The standard InChI is InChI=1S/C13H21NO3/c1-3-17-13-7-5-4-6-11(13)12(15)8-10(14)9-16-2/h4-7,10,12,15H,3,8-9,14H2,1-2H3. The van der Waals surface area contributed by atoms with Crippen molar-refractivity contribution >= 4 is 0 Å². The second-order valence-corrected chi connectivity index (χ2v) is 3.94. The van der Waals surface area contributed by atoms with E-state index >= 15 is 0 Å². The van der Waals surface area contributed by atoms with E-state index < -0.39 is 6.10 Å². The predicted octanol–water partition coefficient (Wildman–Crippen LogP) is 1.48. The molecule has 4 nitrogen and oxygen atoms in total. The second-order valence-electron chi connectivity index (χ2n) is 3.94. The molecule has 1 aromatic rings. The monoisotopic (exact) mass is 239 g/mol. The lowest BCUT2D eigenvalue weighted by Crippen LogP contribution is -2.27. The van der Waals surface area contributed by atoms with E-state index in [1.807, 2.05) is 31.2 Å². The molecule has 2 unspecified atom stereocenters. The van der Waals surface area contributed by atoms with Gasteiger partial charge in [0, 0.05) is 18.7 Å².